The molecule has 0 aliphatic carbocycles. The maximum atomic E-state index is 6.47. The van der Waals surface area contributed by atoms with E-state index in [-0.39, 0.29) is 29.3 Å². The maximum Gasteiger partial charge on any atom is 0.227 e. The summed E-state index contributed by atoms with van der Waals surface area (Å²) in [5.74, 6) is -0.139. The third kappa shape index (κ3) is 3.95. The molecule has 2 unspecified atom stereocenters. The van der Waals surface area contributed by atoms with E-state index in [1.807, 2.05) is 30.7 Å². The van der Waals surface area contributed by atoms with Gasteiger partial charge in [-0.2, -0.15) is 9.97 Å². The zero-order chi connectivity index (χ0) is 22.8. The van der Waals surface area contributed by atoms with Gasteiger partial charge in [-0.15, -0.1) is 0 Å². The molecule has 10 heteroatoms. The minimum absolute atomic E-state index is 0.109. The van der Waals surface area contributed by atoms with Crippen LogP contribution in [0.5, 0.6) is 5.88 Å². The molecule has 0 bridgehead atoms. The molecule has 31 heavy (non-hydrogen) atoms. The quantitative estimate of drug-likeness (QED) is 0.691. The van der Waals surface area contributed by atoms with Gasteiger partial charge in [-0.3, -0.25) is 0 Å². The van der Waals surface area contributed by atoms with Gasteiger partial charge in [-0.1, -0.05) is 20.8 Å². The Morgan fingerprint density at radius 2 is 1.87 bits per heavy atom. The van der Waals surface area contributed by atoms with Gasteiger partial charge in [0.05, 0.1) is 19.1 Å². The molecule has 0 saturated carbocycles. The molecule has 172 valence electrons. The number of methoxy groups -OCH3 is 1. The van der Waals surface area contributed by atoms with Crippen molar-refractivity contribution in [2.75, 3.05) is 19.5 Å². The lowest BCUT2D eigenvalue weighted by Crippen LogP contribution is -2.44. The van der Waals surface area contributed by atoms with E-state index in [1.54, 1.807) is 7.11 Å². The fourth-order valence-electron chi connectivity index (χ4n) is 3.91. The average Bonchev–Trinajstić information content (AvgIpc) is 3.29. The number of nitrogens with two attached hydrogens (primary N) is 1. The van der Waals surface area contributed by atoms with Gasteiger partial charge >= 0.3 is 0 Å². The Bertz CT molecular complexity index is 971. The fraction of sp³-hybridized carbons (Fsp3) is 0.714. The zero-order valence-electron chi connectivity index (χ0n) is 19.6. The Labute approximate surface area is 184 Å². The second-order valence-corrected chi connectivity index (χ2v) is 15.1. The number of anilines is 1. The molecule has 9 nitrogen and oxygen atoms in total. The molecule has 2 aliphatic heterocycles. The van der Waals surface area contributed by atoms with Gasteiger partial charge in [0.25, 0.3) is 0 Å². The van der Waals surface area contributed by atoms with Crippen LogP contribution in [-0.2, 0) is 18.6 Å². The topological polar surface area (TPSA) is 103 Å². The molecule has 2 fully saturated rings. The normalized spacial score (nSPS) is 28.3. The molecule has 2 aromatic rings. The Hall–Kier alpha value is -1.72. The molecular weight excluding hydrogens is 416 g/mol. The first-order valence-corrected chi connectivity index (χ1v) is 13.6. The van der Waals surface area contributed by atoms with Crippen molar-refractivity contribution in [3.63, 3.8) is 0 Å². The molecule has 2 saturated heterocycles. The summed E-state index contributed by atoms with van der Waals surface area (Å²) < 4.78 is 32.7. The van der Waals surface area contributed by atoms with Gasteiger partial charge in [0.15, 0.2) is 26.0 Å². The van der Waals surface area contributed by atoms with Gasteiger partial charge < -0.3 is 33.7 Å². The lowest BCUT2D eigenvalue weighted by molar-refractivity contribution is -0.199. The summed E-state index contributed by atoms with van der Waals surface area (Å²) in [6, 6.07) is 1.90. The third-order valence-corrected chi connectivity index (χ3v) is 11.1. The van der Waals surface area contributed by atoms with Crippen LogP contribution < -0.4 is 10.5 Å². The molecule has 0 amide bonds. The SMILES string of the molecule is COc1nc(N)nc2c1ccn2[C@@H]1O[C@H](CO[Si](C)(C)C(C)(C)C)C2OC(C)(C)OC21. The number of ether oxygens (including phenoxy) is 4. The highest BCUT2D eigenvalue weighted by Crippen LogP contribution is 2.45. The predicted octanol–water partition coefficient (Wildman–Crippen LogP) is 3.46. The third-order valence-electron chi connectivity index (χ3n) is 6.56. The number of hydrogen-bond donors (Lipinski definition) is 1. The largest absolute Gasteiger partial charge is 0.480 e. The number of nitrogen functional groups attached to an aromatic ring is 1. The monoisotopic (exact) mass is 450 g/mol. The number of fused-ring (bicyclic) bond motifs is 2. The van der Waals surface area contributed by atoms with Crippen LogP contribution in [-0.4, -0.2) is 60.7 Å². The van der Waals surface area contributed by atoms with E-state index >= 15 is 0 Å². The van der Waals surface area contributed by atoms with E-state index in [1.165, 1.54) is 0 Å². The summed E-state index contributed by atoms with van der Waals surface area (Å²) >= 11 is 0. The van der Waals surface area contributed by atoms with Gasteiger partial charge in [0, 0.05) is 6.20 Å². The van der Waals surface area contributed by atoms with Crippen molar-refractivity contribution in [1.29, 1.82) is 0 Å². The standard InChI is InChI=1S/C21H34N4O5Si/c1-20(2,3)31(7,8)27-11-13-14-15(30-21(4,5)29-14)18(28-13)25-10-9-12-16(25)23-19(22)24-17(12)26-6/h9-10,13-15,18H,11H2,1-8H3,(H2,22,23,24)/t13-,14?,15?,18-/m1/s1. The summed E-state index contributed by atoms with van der Waals surface area (Å²) in [6.45, 7) is 15.4. The summed E-state index contributed by atoms with van der Waals surface area (Å²) in [5, 5.41) is 0.870. The molecule has 2 aromatic heterocycles. The van der Waals surface area contributed by atoms with Crippen LogP contribution in [0.25, 0.3) is 11.0 Å². The van der Waals surface area contributed by atoms with Gasteiger partial charge in [0.2, 0.25) is 11.8 Å². The fourth-order valence-corrected chi connectivity index (χ4v) is 4.92. The highest BCUT2D eigenvalue weighted by atomic mass is 28.4. The summed E-state index contributed by atoms with van der Waals surface area (Å²) in [5.41, 5.74) is 6.54. The van der Waals surface area contributed by atoms with Crippen LogP contribution in [0.1, 0.15) is 40.8 Å². The van der Waals surface area contributed by atoms with Crippen molar-refractivity contribution in [2.24, 2.45) is 0 Å². The molecule has 0 radical (unpaired) electrons. The van der Waals surface area contributed by atoms with Crippen molar-refractivity contribution < 1.29 is 23.4 Å². The minimum Gasteiger partial charge on any atom is -0.480 e. The van der Waals surface area contributed by atoms with Crippen LogP contribution in [0, 0.1) is 0 Å². The van der Waals surface area contributed by atoms with Crippen molar-refractivity contribution >= 4 is 25.3 Å². The Morgan fingerprint density at radius 3 is 2.52 bits per heavy atom. The van der Waals surface area contributed by atoms with E-state index in [2.05, 4.69) is 43.8 Å². The lowest BCUT2D eigenvalue weighted by atomic mass is 10.1. The van der Waals surface area contributed by atoms with Gasteiger partial charge in [-0.05, 0) is 38.0 Å². The number of nitrogens with zero attached hydrogens (tertiary/aromatic N) is 3. The van der Waals surface area contributed by atoms with Crippen molar-refractivity contribution in [1.82, 2.24) is 14.5 Å². The number of aromatic nitrogens is 3. The van der Waals surface area contributed by atoms with Crippen LogP contribution >= 0.6 is 0 Å². The van der Waals surface area contributed by atoms with Crippen LogP contribution in [0.3, 0.4) is 0 Å². The van der Waals surface area contributed by atoms with Gasteiger partial charge in [0.1, 0.15) is 18.3 Å². The van der Waals surface area contributed by atoms with Crippen LogP contribution in [0.2, 0.25) is 18.1 Å². The predicted molar refractivity (Wildman–Crippen MR) is 119 cm³/mol. The molecule has 4 atom stereocenters. The second kappa shape index (κ2) is 7.41. The summed E-state index contributed by atoms with van der Waals surface area (Å²) in [6.07, 6.45) is 0.652. The van der Waals surface area contributed by atoms with E-state index in [0.717, 1.165) is 5.39 Å². The first kappa shape index (κ1) is 22.5. The van der Waals surface area contributed by atoms with Crippen LogP contribution in [0.15, 0.2) is 12.3 Å². The van der Waals surface area contributed by atoms with Crippen molar-refractivity contribution in [2.45, 2.75) is 83.1 Å². The lowest BCUT2D eigenvalue weighted by Gasteiger charge is -2.37. The van der Waals surface area contributed by atoms with Crippen LogP contribution in [0.4, 0.5) is 5.95 Å². The minimum atomic E-state index is -1.94. The summed E-state index contributed by atoms with van der Waals surface area (Å²) in [7, 11) is -0.380. The highest BCUT2D eigenvalue weighted by molar-refractivity contribution is 6.74. The van der Waals surface area contributed by atoms with E-state index in [0.29, 0.717) is 18.1 Å². The zero-order valence-corrected chi connectivity index (χ0v) is 20.6. The van der Waals surface area contributed by atoms with E-state index < -0.39 is 20.3 Å². The Morgan fingerprint density at radius 1 is 1.19 bits per heavy atom. The highest BCUT2D eigenvalue weighted by Gasteiger charge is 2.56. The number of rotatable bonds is 5. The summed E-state index contributed by atoms with van der Waals surface area (Å²) in [4.78, 5) is 8.59. The van der Waals surface area contributed by atoms with Gasteiger partial charge in [-0.25, -0.2) is 0 Å². The Kier molecular flexibility index (Phi) is 5.37. The maximum absolute atomic E-state index is 6.47. The number of hydrogen-bond acceptors (Lipinski definition) is 8. The molecule has 0 aromatic carbocycles. The molecule has 0 spiro atoms. The van der Waals surface area contributed by atoms with Crippen molar-refractivity contribution in [3.05, 3.63) is 12.3 Å². The van der Waals surface area contributed by atoms with E-state index in [4.69, 9.17) is 29.1 Å². The Balaban J connectivity index is 1.65. The second-order valence-electron chi connectivity index (χ2n) is 10.3. The molecule has 2 N–H and O–H groups in total. The smallest absolute Gasteiger partial charge is 0.227 e. The van der Waals surface area contributed by atoms with E-state index in [9.17, 15) is 0 Å². The average molecular weight is 451 g/mol. The first-order valence-electron chi connectivity index (χ1n) is 10.7. The molecular formula is C21H34N4O5Si. The molecule has 4 rings (SSSR count). The molecule has 2 aliphatic rings. The molecule has 4 heterocycles. The van der Waals surface area contributed by atoms with Crippen molar-refractivity contribution in [3.8, 4) is 5.88 Å². The first-order chi connectivity index (χ1) is 14.3.